The summed E-state index contributed by atoms with van der Waals surface area (Å²) in [6, 6.07) is 10.8. The molecule has 3 rings (SSSR count). The number of halogens is 1. The molecule has 0 radical (unpaired) electrons. The van der Waals surface area contributed by atoms with Crippen molar-refractivity contribution in [3.8, 4) is 16.9 Å². The standard InChI is InChI=1S/C15H14FNO/c16-14-3-1-10(9-17)7-13(14)11-2-4-15-12(8-11)5-6-18-15/h1-4,7-8H,5-6,9,17H2. The average Bonchev–Trinajstić information content (AvgIpc) is 2.86. The molecule has 0 saturated carbocycles. The summed E-state index contributed by atoms with van der Waals surface area (Å²) in [5.41, 5.74) is 9.16. The Morgan fingerprint density at radius 3 is 2.89 bits per heavy atom. The highest BCUT2D eigenvalue weighted by Crippen LogP contribution is 2.31. The minimum atomic E-state index is -0.217. The van der Waals surface area contributed by atoms with Gasteiger partial charge in [-0.3, -0.25) is 0 Å². The van der Waals surface area contributed by atoms with E-state index in [0.29, 0.717) is 18.7 Å². The second kappa shape index (κ2) is 4.42. The highest BCUT2D eigenvalue weighted by Gasteiger charge is 2.14. The first kappa shape index (κ1) is 11.2. The largest absolute Gasteiger partial charge is 0.493 e. The van der Waals surface area contributed by atoms with E-state index < -0.39 is 0 Å². The lowest BCUT2D eigenvalue weighted by Gasteiger charge is -2.07. The highest BCUT2D eigenvalue weighted by atomic mass is 19.1. The number of benzene rings is 2. The first-order valence-electron chi connectivity index (χ1n) is 6.02. The number of ether oxygens (including phenoxy) is 1. The fourth-order valence-corrected chi connectivity index (χ4v) is 2.27. The van der Waals surface area contributed by atoms with Gasteiger partial charge in [0.05, 0.1) is 6.61 Å². The molecule has 2 N–H and O–H groups in total. The van der Waals surface area contributed by atoms with Crippen LogP contribution in [0.25, 0.3) is 11.1 Å². The third-order valence-electron chi connectivity index (χ3n) is 3.27. The van der Waals surface area contributed by atoms with Gasteiger partial charge in [0, 0.05) is 18.5 Å². The number of fused-ring (bicyclic) bond motifs is 1. The lowest BCUT2D eigenvalue weighted by atomic mass is 9.99. The van der Waals surface area contributed by atoms with Crippen LogP contribution < -0.4 is 10.5 Å². The Bertz CT molecular complexity index is 595. The smallest absolute Gasteiger partial charge is 0.131 e. The summed E-state index contributed by atoms with van der Waals surface area (Å²) in [6.45, 7) is 1.13. The van der Waals surface area contributed by atoms with E-state index in [1.54, 1.807) is 6.07 Å². The Labute approximate surface area is 105 Å². The number of rotatable bonds is 2. The highest BCUT2D eigenvalue weighted by molar-refractivity contribution is 5.67. The topological polar surface area (TPSA) is 35.2 Å². The minimum absolute atomic E-state index is 0.217. The minimum Gasteiger partial charge on any atom is -0.493 e. The molecule has 3 heteroatoms. The summed E-state index contributed by atoms with van der Waals surface area (Å²) < 4.78 is 19.3. The zero-order chi connectivity index (χ0) is 12.5. The van der Waals surface area contributed by atoms with Gasteiger partial charge < -0.3 is 10.5 Å². The second-order valence-electron chi connectivity index (χ2n) is 4.44. The molecule has 1 heterocycles. The summed E-state index contributed by atoms with van der Waals surface area (Å²) in [4.78, 5) is 0. The van der Waals surface area contributed by atoms with E-state index in [1.807, 2.05) is 24.3 Å². The number of nitrogens with two attached hydrogens (primary N) is 1. The van der Waals surface area contributed by atoms with Gasteiger partial charge in [0.25, 0.3) is 0 Å². The molecule has 1 aliphatic rings. The molecule has 0 atom stereocenters. The first-order valence-corrected chi connectivity index (χ1v) is 6.02. The molecule has 92 valence electrons. The van der Waals surface area contributed by atoms with Crippen LogP contribution in [0, 0.1) is 5.82 Å². The molecule has 0 unspecified atom stereocenters. The molecule has 0 amide bonds. The fraction of sp³-hybridized carbons (Fsp3) is 0.200. The molecular weight excluding hydrogens is 229 g/mol. The molecular formula is C15H14FNO. The van der Waals surface area contributed by atoms with Crippen molar-refractivity contribution in [3.63, 3.8) is 0 Å². The SMILES string of the molecule is NCc1ccc(F)c(-c2ccc3c(c2)CCO3)c1. The maximum Gasteiger partial charge on any atom is 0.131 e. The summed E-state index contributed by atoms with van der Waals surface area (Å²) in [6.07, 6.45) is 0.890. The van der Waals surface area contributed by atoms with E-state index in [1.165, 1.54) is 6.07 Å². The van der Waals surface area contributed by atoms with Crippen molar-refractivity contribution in [2.75, 3.05) is 6.61 Å². The van der Waals surface area contributed by atoms with Crippen molar-refractivity contribution in [2.24, 2.45) is 5.73 Å². The molecule has 0 bridgehead atoms. The van der Waals surface area contributed by atoms with E-state index in [0.717, 1.165) is 28.9 Å². The Hall–Kier alpha value is -1.87. The normalized spacial score (nSPS) is 13.2. The number of hydrogen-bond acceptors (Lipinski definition) is 2. The summed E-state index contributed by atoms with van der Waals surface area (Å²) >= 11 is 0. The van der Waals surface area contributed by atoms with Crippen molar-refractivity contribution in [1.82, 2.24) is 0 Å². The fourth-order valence-electron chi connectivity index (χ4n) is 2.27. The van der Waals surface area contributed by atoms with Crippen molar-refractivity contribution < 1.29 is 9.13 Å². The first-order chi connectivity index (χ1) is 8.78. The van der Waals surface area contributed by atoms with Gasteiger partial charge in [-0.25, -0.2) is 4.39 Å². The molecule has 0 aliphatic carbocycles. The van der Waals surface area contributed by atoms with Crippen molar-refractivity contribution in [2.45, 2.75) is 13.0 Å². The van der Waals surface area contributed by atoms with Crippen LogP contribution >= 0.6 is 0 Å². The Morgan fingerprint density at radius 1 is 1.17 bits per heavy atom. The van der Waals surface area contributed by atoms with Crippen LogP contribution in [-0.4, -0.2) is 6.61 Å². The second-order valence-corrected chi connectivity index (χ2v) is 4.44. The van der Waals surface area contributed by atoms with Crippen LogP contribution in [0.3, 0.4) is 0 Å². The average molecular weight is 243 g/mol. The maximum atomic E-state index is 13.9. The Balaban J connectivity index is 2.09. The predicted octanol–water partition coefficient (Wildman–Crippen LogP) is 2.89. The van der Waals surface area contributed by atoms with Gasteiger partial charge >= 0.3 is 0 Å². The van der Waals surface area contributed by atoms with Crippen LogP contribution in [0.2, 0.25) is 0 Å². The predicted molar refractivity (Wildman–Crippen MR) is 68.9 cm³/mol. The molecule has 2 aromatic carbocycles. The Kier molecular flexibility index (Phi) is 2.76. The quantitative estimate of drug-likeness (QED) is 0.880. The molecule has 1 aliphatic heterocycles. The third kappa shape index (κ3) is 1.87. The van der Waals surface area contributed by atoms with Gasteiger partial charge in [0.15, 0.2) is 0 Å². The summed E-state index contributed by atoms with van der Waals surface area (Å²) in [5, 5.41) is 0. The monoisotopic (exact) mass is 243 g/mol. The van der Waals surface area contributed by atoms with Gasteiger partial charge in [-0.1, -0.05) is 12.1 Å². The van der Waals surface area contributed by atoms with E-state index in [4.69, 9.17) is 10.5 Å². The lowest BCUT2D eigenvalue weighted by molar-refractivity contribution is 0.357. The van der Waals surface area contributed by atoms with Gasteiger partial charge in [-0.15, -0.1) is 0 Å². The van der Waals surface area contributed by atoms with Crippen LogP contribution in [0.4, 0.5) is 4.39 Å². The number of hydrogen-bond donors (Lipinski definition) is 1. The zero-order valence-electron chi connectivity index (χ0n) is 9.95. The van der Waals surface area contributed by atoms with Crippen molar-refractivity contribution in [3.05, 3.63) is 53.3 Å². The molecule has 18 heavy (non-hydrogen) atoms. The van der Waals surface area contributed by atoms with Crippen molar-refractivity contribution in [1.29, 1.82) is 0 Å². The summed E-state index contributed by atoms with van der Waals surface area (Å²) in [7, 11) is 0. The van der Waals surface area contributed by atoms with Gasteiger partial charge in [0.1, 0.15) is 11.6 Å². The lowest BCUT2D eigenvalue weighted by Crippen LogP contribution is -1.97. The van der Waals surface area contributed by atoms with Gasteiger partial charge in [0.2, 0.25) is 0 Å². The third-order valence-corrected chi connectivity index (χ3v) is 3.27. The molecule has 2 nitrogen and oxygen atoms in total. The molecule has 0 aromatic heterocycles. The van der Waals surface area contributed by atoms with E-state index in [9.17, 15) is 4.39 Å². The van der Waals surface area contributed by atoms with Gasteiger partial charge in [-0.05, 0) is 41.0 Å². The molecule has 2 aromatic rings. The van der Waals surface area contributed by atoms with E-state index in [-0.39, 0.29) is 5.82 Å². The van der Waals surface area contributed by atoms with Crippen LogP contribution in [0.5, 0.6) is 5.75 Å². The van der Waals surface area contributed by atoms with E-state index >= 15 is 0 Å². The molecule has 0 saturated heterocycles. The summed E-state index contributed by atoms with van der Waals surface area (Å²) in [5.74, 6) is 0.695. The maximum absolute atomic E-state index is 13.9. The van der Waals surface area contributed by atoms with Crippen LogP contribution in [0.15, 0.2) is 36.4 Å². The Morgan fingerprint density at radius 2 is 2.06 bits per heavy atom. The molecule has 0 fully saturated rings. The van der Waals surface area contributed by atoms with Gasteiger partial charge in [-0.2, -0.15) is 0 Å². The van der Waals surface area contributed by atoms with Crippen LogP contribution in [0.1, 0.15) is 11.1 Å². The van der Waals surface area contributed by atoms with Crippen LogP contribution in [-0.2, 0) is 13.0 Å². The zero-order valence-corrected chi connectivity index (χ0v) is 9.95. The molecule has 0 spiro atoms. The van der Waals surface area contributed by atoms with E-state index in [2.05, 4.69) is 0 Å². The van der Waals surface area contributed by atoms with Crippen molar-refractivity contribution >= 4 is 0 Å².